The second-order valence-electron chi connectivity index (χ2n) is 6.43. The van der Waals surface area contributed by atoms with E-state index in [9.17, 15) is 0 Å². The topological polar surface area (TPSA) is 70.5 Å². The number of aryl methyl sites for hydroxylation is 1. The van der Waals surface area contributed by atoms with Gasteiger partial charge in [-0.3, -0.25) is 0 Å². The summed E-state index contributed by atoms with van der Waals surface area (Å²) in [6.45, 7) is 10.2. The van der Waals surface area contributed by atoms with Gasteiger partial charge in [-0.05, 0) is 74.4 Å². The van der Waals surface area contributed by atoms with Gasteiger partial charge in [0, 0.05) is 5.56 Å². The van der Waals surface area contributed by atoms with Gasteiger partial charge in [0.25, 0.3) is 0 Å². The van der Waals surface area contributed by atoms with Gasteiger partial charge in [-0.1, -0.05) is 12.1 Å². The van der Waals surface area contributed by atoms with Crippen LogP contribution in [0.15, 0.2) is 18.2 Å². The Morgan fingerprint density at radius 1 is 1.10 bits per heavy atom. The van der Waals surface area contributed by atoms with Crippen LogP contribution in [-0.4, -0.2) is 11.2 Å². The highest BCUT2D eigenvalue weighted by atomic mass is 127. The summed E-state index contributed by atoms with van der Waals surface area (Å²) in [5.74, 6) is 0. The third-order valence-electron chi connectivity index (χ3n) is 4.23. The molecule has 112 valence electrons. The zero-order valence-electron chi connectivity index (χ0n) is 12.7. The standard InChI is InChI=1S/C15H23IN2O2/c1-9-6-7-10(15(16,17)18)8-11(9)12-19-13(2,3)14(4,5)20-12/h6-8,12H,17-18H2,1-5H3. The summed E-state index contributed by atoms with van der Waals surface area (Å²) >= 11 is 2.02. The molecule has 0 spiro atoms. The molecule has 4 nitrogen and oxygen atoms in total. The molecule has 1 aliphatic heterocycles. The molecule has 1 aromatic rings. The molecule has 2 rings (SSSR count). The number of hydrogen-bond acceptors (Lipinski definition) is 4. The van der Waals surface area contributed by atoms with Crippen molar-refractivity contribution in [2.45, 2.75) is 55.8 Å². The summed E-state index contributed by atoms with van der Waals surface area (Å²) in [5, 5.41) is 0. The van der Waals surface area contributed by atoms with Gasteiger partial charge >= 0.3 is 0 Å². The second kappa shape index (κ2) is 4.91. The van der Waals surface area contributed by atoms with E-state index in [1.165, 1.54) is 0 Å². The lowest BCUT2D eigenvalue weighted by Crippen LogP contribution is -2.41. The van der Waals surface area contributed by atoms with Crippen LogP contribution in [0.3, 0.4) is 0 Å². The van der Waals surface area contributed by atoms with Gasteiger partial charge in [0.2, 0.25) is 0 Å². The smallest absolute Gasteiger partial charge is 0.185 e. The molecule has 0 aromatic heterocycles. The van der Waals surface area contributed by atoms with E-state index in [0.717, 1.165) is 16.7 Å². The Kier molecular flexibility index (Phi) is 3.97. The number of ether oxygens (including phenoxy) is 2. The SMILES string of the molecule is Cc1ccc(C(N)(N)I)cc1C1OC(C)(C)C(C)(C)O1. The van der Waals surface area contributed by atoms with Crippen LogP contribution in [0.4, 0.5) is 0 Å². The molecule has 1 saturated heterocycles. The van der Waals surface area contributed by atoms with Crippen LogP contribution in [0.1, 0.15) is 50.7 Å². The fraction of sp³-hybridized carbons (Fsp3) is 0.600. The Labute approximate surface area is 134 Å². The Morgan fingerprint density at radius 3 is 2.05 bits per heavy atom. The Bertz CT molecular complexity index is 505. The number of hydrogen-bond donors (Lipinski definition) is 2. The van der Waals surface area contributed by atoms with E-state index < -0.39 is 9.96 Å². The van der Waals surface area contributed by atoms with Crippen LogP contribution in [0, 0.1) is 6.92 Å². The number of nitrogens with two attached hydrogens (primary N) is 2. The van der Waals surface area contributed by atoms with Gasteiger partial charge in [-0.2, -0.15) is 0 Å². The molecule has 1 heterocycles. The fourth-order valence-corrected chi connectivity index (χ4v) is 2.44. The van der Waals surface area contributed by atoms with Crippen LogP contribution in [-0.2, 0) is 13.1 Å². The third-order valence-corrected chi connectivity index (χ3v) is 4.85. The van der Waals surface area contributed by atoms with Crippen molar-refractivity contribution in [1.82, 2.24) is 0 Å². The molecule has 0 saturated carbocycles. The van der Waals surface area contributed by atoms with Crippen LogP contribution >= 0.6 is 22.6 Å². The summed E-state index contributed by atoms with van der Waals surface area (Å²) in [7, 11) is 0. The molecule has 1 aromatic carbocycles. The third kappa shape index (κ3) is 2.87. The number of halogens is 1. The highest BCUT2D eigenvalue weighted by Crippen LogP contribution is 2.45. The highest BCUT2D eigenvalue weighted by Gasteiger charge is 2.49. The lowest BCUT2D eigenvalue weighted by molar-refractivity contribution is -0.0899. The zero-order chi connectivity index (χ0) is 15.3. The van der Waals surface area contributed by atoms with Gasteiger partial charge in [0.15, 0.2) is 6.29 Å². The molecule has 1 aliphatic rings. The first-order chi connectivity index (χ1) is 8.94. The van der Waals surface area contributed by atoms with Crippen LogP contribution in [0.2, 0.25) is 0 Å². The lowest BCUT2D eigenvalue weighted by atomic mass is 9.90. The van der Waals surface area contributed by atoms with Crippen molar-refractivity contribution < 1.29 is 9.47 Å². The van der Waals surface area contributed by atoms with Crippen molar-refractivity contribution in [2.24, 2.45) is 11.5 Å². The molecule has 0 unspecified atom stereocenters. The summed E-state index contributed by atoms with van der Waals surface area (Å²) in [5.41, 5.74) is 14.2. The molecule has 5 heteroatoms. The predicted octanol–water partition coefficient (Wildman–Crippen LogP) is 3.06. The van der Waals surface area contributed by atoms with E-state index in [4.69, 9.17) is 20.9 Å². The Balaban J connectivity index is 2.40. The second-order valence-corrected chi connectivity index (χ2v) is 8.21. The minimum absolute atomic E-state index is 0.354. The minimum Gasteiger partial charge on any atom is -0.339 e. The number of rotatable bonds is 2. The first kappa shape index (κ1) is 16.2. The predicted molar refractivity (Wildman–Crippen MR) is 88.3 cm³/mol. The van der Waals surface area contributed by atoms with Crippen LogP contribution in [0.5, 0.6) is 0 Å². The normalized spacial score (nSPS) is 22.2. The molecule has 0 aliphatic carbocycles. The first-order valence-corrected chi connectivity index (χ1v) is 7.75. The highest BCUT2D eigenvalue weighted by molar-refractivity contribution is 14.1. The molecule has 0 atom stereocenters. The monoisotopic (exact) mass is 390 g/mol. The maximum atomic E-state index is 6.09. The van der Waals surface area contributed by atoms with Crippen LogP contribution in [0.25, 0.3) is 0 Å². The van der Waals surface area contributed by atoms with Crippen molar-refractivity contribution in [2.75, 3.05) is 0 Å². The van der Waals surface area contributed by atoms with E-state index >= 15 is 0 Å². The Morgan fingerprint density at radius 2 is 1.60 bits per heavy atom. The largest absolute Gasteiger partial charge is 0.339 e. The molecular formula is C15H23IN2O2. The van der Waals surface area contributed by atoms with Crippen molar-refractivity contribution in [3.05, 3.63) is 34.9 Å². The minimum atomic E-state index is -0.899. The maximum absolute atomic E-state index is 6.09. The molecule has 4 N–H and O–H groups in total. The van der Waals surface area contributed by atoms with Gasteiger partial charge in [-0.15, -0.1) is 0 Å². The van der Waals surface area contributed by atoms with E-state index in [0.29, 0.717) is 0 Å². The summed E-state index contributed by atoms with van der Waals surface area (Å²) < 4.78 is 11.3. The van der Waals surface area contributed by atoms with Crippen molar-refractivity contribution in [3.63, 3.8) is 0 Å². The van der Waals surface area contributed by atoms with Gasteiger partial charge in [0.05, 0.1) is 11.2 Å². The molecule has 20 heavy (non-hydrogen) atoms. The van der Waals surface area contributed by atoms with E-state index in [-0.39, 0.29) is 11.2 Å². The zero-order valence-corrected chi connectivity index (χ0v) is 14.8. The van der Waals surface area contributed by atoms with E-state index in [2.05, 4.69) is 0 Å². The van der Waals surface area contributed by atoms with Gasteiger partial charge in [-0.25, -0.2) is 0 Å². The Hall–Kier alpha value is -0.210. The van der Waals surface area contributed by atoms with Crippen molar-refractivity contribution >= 4 is 22.6 Å². The van der Waals surface area contributed by atoms with Crippen LogP contribution < -0.4 is 11.5 Å². The first-order valence-electron chi connectivity index (χ1n) is 6.67. The lowest BCUT2D eigenvalue weighted by Gasteiger charge is -2.30. The van der Waals surface area contributed by atoms with Crippen molar-refractivity contribution in [3.8, 4) is 0 Å². The summed E-state index contributed by atoms with van der Waals surface area (Å²) in [4.78, 5) is 0. The molecule has 0 radical (unpaired) electrons. The maximum Gasteiger partial charge on any atom is 0.185 e. The van der Waals surface area contributed by atoms with Crippen molar-refractivity contribution in [1.29, 1.82) is 0 Å². The van der Waals surface area contributed by atoms with Gasteiger partial charge in [0.1, 0.15) is 3.67 Å². The number of alkyl halides is 1. The average molecular weight is 390 g/mol. The van der Waals surface area contributed by atoms with Gasteiger partial charge < -0.3 is 20.9 Å². The quantitative estimate of drug-likeness (QED) is 0.353. The molecule has 0 bridgehead atoms. The fourth-order valence-electron chi connectivity index (χ4n) is 2.10. The summed E-state index contributed by atoms with van der Waals surface area (Å²) in [6.07, 6.45) is -0.390. The molecule has 0 amide bonds. The molecule has 1 fully saturated rings. The van der Waals surface area contributed by atoms with E-state index in [1.54, 1.807) is 0 Å². The number of benzene rings is 1. The summed E-state index contributed by atoms with van der Waals surface area (Å²) in [6, 6.07) is 5.92. The van der Waals surface area contributed by atoms with E-state index in [1.807, 2.05) is 75.4 Å². The average Bonchev–Trinajstić information content (AvgIpc) is 2.46. The molecular weight excluding hydrogens is 367 g/mol.